The van der Waals surface area contributed by atoms with E-state index in [1.165, 1.54) is 64.1 Å². The largest absolute Gasteiger partial charge is 0.508 e. The molecule has 25 nitrogen and oxygen atoms in total. The first-order valence-corrected chi connectivity index (χ1v) is 28.4. The smallest absolute Gasteiger partial charge is 0.242 e. The van der Waals surface area contributed by atoms with Crippen LogP contribution in [0, 0.1) is 48.9 Å². The summed E-state index contributed by atoms with van der Waals surface area (Å²) >= 11 is 0. The molecular formula is C57H84N13O12. The molecule has 1 unspecified atom stereocenters. The lowest BCUT2D eigenvalue weighted by atomic mass is 9.53. The predicted molar refractivity (Wildman–Crippen MR) is 298 cm³/mol. The van der Waals surface area contributed by atoms with Crippen LogP contribution < -0.4 is 11.1 Å². The molecule has 4 aliphatic carbocycles. The number of fused-ring (bicyclic) bond motifs is 5. The molecule has 3 saturated carbocycles. The molecule has 0 saturated heterocycles. The summed E-state index contributed by atoms with van der Waals surface area (Å²) in [7, 11) is 5.85. The standard InChI is InChI=1S/C57H84N13O12/c1-56-18-16-45-44-15-13-43(71)32-42(44)12-14-46(45)47(56)17-19-57(56,78)49-35-70(63-61-49)22-8-20-59-33-51(73)66(25-29-80-3)38-55(77)67(26-30-81-4)39-52(74)64(21-9-23-69-34-48(60-62-69)41-10-6-7-11-41)37-54(76)68(27-31-82-5)40-53(75)65(24-28-79-2)36-50(58)72/h6-7,10-11,13,15,32,34-35,45-47,59,71,78H,8-9,12,14,16-31,33,36-40H2,1-5H3,(H2,58,72)/t45-,46-,47+,56+,57?/m1/s1. The molecule has 0 spiro atoms. The number of aromatic hydroxyl groups is 1. The van der Waals surface area contributed by atoms with Crippen LogP contribution in [0.2, 0.25) is 0 Å². The Kier molecular flexibility index (Phi) is 23.6. The normalized spacial score (nSPS) is 21.1. The molecule has 7 rings (SSSR count). The van der Waals surface area contributed by atoms with Crippen molar-refractivity contribution < 1.29 is 57.9 Å². The van der Waals surface area contributed by atoms with Gasteiger partial charge in [0.2, 0.25) is 35.4 Å². The second kappa shape index (κ2) is 30.4. The van der Waals surface area contributed by atoms with Gasteiger partial charge in [-0.3, -0.25) is 38.1 Å². The molecule has 2 aromatic heterocycles. The van der Waals surface area contributed by atoms with Crippen LogP contribution >= 0.6 is 0 Å². The zero-order chi connectivity index (χ0) is 58.8. The number of carbonyl (C=O) groups is 6. The Balaban J connectivity index is 0.950. The van der Waals surface area contributed by atoms with E-state index in [-0.39, 0.29) is 83.6 Å². The van der Waals surface area contributed by atoms with Crippen molar-refractivity contribution in [2.45, 2.75) is 82.9 Å². The number of primary amides is 1. The number of rotatable bonds is 34. The number of amides is 6. The van der Waals surface area contributed by atoms with Gasteiger partial charge in [-0.2, -0.15) is 0 Å². The van der Waals surface area contributed by atoms with Gasteiger partial charge in [0.15, 0.2) is 0 Å². The maximum Gasteiger partial charge on any atom is 0.242 e. The second-order valence-electron chi connectivity index (χ2n) is 22.0. The number of carbonyl (C=O) groups excluding carboxylic acids is 6. The van der Waals surface area contributed by atoms with Gasteiger partial charge in [-0.05, 0) is 125 Å². The highest BCUT2D eigenvalue weighted by Gasteiger charge is 2.63. The van der Waals surface area contributed by atoms with E-state index < -0.39 is 61.3 Å². The minimum absolute atomic E-state index is 0.00744. The SMILES string of the molecule is COCCN(CC(N)=O)C(=O)CN(CCOC)C(=O)CN(CCCn1cc([C]2[CH][CH][CH][CH]2)nn1)C(=O)CN(CCOC)C(=O)CN(CCOC)C(=O)CNCCCn1cc(C2(O)CC[C@H]3[C@@H]4CCc5cc(O)ccc5[C@H]4CC[C@@]32C)nn1. The molecule has 4 aliphatic rings. The second-order valence-corrected chi connectivity index (χ2v) is 22.0. The molecule has 0 aliphatic heterocycles. The Labute approximate surface area is 481 Å². The lowest BCUT2D eigenvalue weighted by Crippen LogP contribution is -2.52. The average Bonchev–Trinajstić information content (AvgIpc) is 1.81. The van der Waals surface area contributed by atoms with Crippen molar-refractivity contribution in [1.82, 2.24) is 59.8 Å². The number of methoxy groups -OCH3 is 4. The fraction of sp³-hybridized carbons (Fsp3) is 0.632. The first kappa shape index (κ1) is 63.5. The van der Waals surface area contributed by atoms with Crippen molar-refractivity contribution in [3.63, 3.8) is 0 Å². The summed E-state index contributed by atoms with van der Waals surface area (Å²) in [6.07, 6.45) is 17.5. The molecule has 5 radical (unpaired) electrons. The number of hydrogen-bond acceptors (Lipinski definition) is 17. The maximum atomic E-state index is 14.5. The molecule has 82 heavy (non-hydrogen) atoms. The van der Waals surface area contributed by atoms with Crippen LogP contribution in [0.3, 0.4) is 0 Å². The van der Waals surface area contributed by atoms with Gasteiger partial charge >= 0.3 is 0 Å². The van der Waals surface area contributed by atoms with E-state index in [1.807, 2.05) is 37.9 Å². The van der Waals surface area contributed by atoms with Crippen molar-refractivity contribution >= 4 is 35.4 Å². The highest BCUT2D eigenvalue weighted by Crippen LogP contribution is 2.66. The average molecular weight is 1140 g/mol. The number of hydrogen-bond donors (Lipinski definition) is 4. The predicted octanol–water partition coefficient (Wildman–Crippen LogP) is 0.356. The number of phenolic OH excluding ortho intramolecular Hbond substituents is 1. The fourth-order valence-electron chi connectivity index (χ4n) is 12.3. The number of phenols is 1. The van der Waals surface area contributed by atoms with Gasteiger partial charge in [-0.1, -0.05) is 23.4 Å². The number of benzene rings is 1. The summed E-state index contributed by atoms with van der Waals surface area (Å²) < 4.78 is 24.4. The highest BCUT2D eigenvalue weighted by molar-refractivity contribution is 5.92. The summed E-state index contributed by atoms with van der Waals surface area (Å²) in [5.74, 6) is -0.959. The molecule has 1 aromatic carbocycles. The molecule has 3 fully saturated rings. The molecule has 449 valence electrons. The number of nitrogens with two attached hydrogens (primary N) is 1. The quantitative estimate of drug-likeness (QED) is 0.0587. The van der Waals surface area contributed by atoms with Gasteiger partial charge in [0.1, 0.15) is 17.0 Å². The number of nitrogens with zero attached hydrogens (tertiary/aromatic N) is 11. The maximum absolute atomic E-state index is 14.5. The summed E-state index contributed by atoms with van der Waals surface area (Å²) in [6.45, 7) is 1.80. The Morgan fingerprint density at radius 3 is 1.80 bits per heavy atom. The Hall–Kier alpha value is -6.12. The fourth-order valence-corrected chi connectivity index (χ4v) is 12.3. The first-order chi connectivity index (χ1) is 39.5. The van der Waals surface area contributed by atoms with Crippen molar-refractivity contribution in [1.29, 1.82) is 0 Å². The molecule has 0 bridgehead atoms. The van der Waals surface area contributed by atoms with Gasteiger partial charge in [0, 0.05) is 91.8 Å². The van der Waals surface area contributed by atoms with E-state index in [2.05, 4.69) is 38.9 Å². The summed E-state index contributed by atoms with van der Waals surface area (Å²) in [5, 5.41) is 43.2. The van der Waals surface area contributed by atoms with Crippen LogP contribution in [0.1, 0.15) is 80.3 Å². The molecule has 25 heteroatoms. The third kappa shape index (κ3) is 16.1. The number of aromatic nitrogens is 6. The third-order valence-electron chi connectivity index (χ3n) is 16.8. The van der Waals surface area contributed by atoms with Gasteiger partial charge in [0.05, 0.1) is 77.6 Å². The van der Waals surface area contributed by atoms with Crippen LogP contribution in [-0.2, 0) is 72.8 Å². The molecule has 6 amide bonds. The van der Waals surface area contributed by atoms with Crippen LogP contribution in [0.5, 0.6) is 5.75 Å². The van der Waals surface area contributed by atoms with E-state index in [0.717, 1.165) is 38.0 Å². The number of nitrogens with one attached hydrogen (secondary N) is 1. The summed E-state index contributed by atoms with van der Waals surface area (Å²) in [5.41, 5.74) is 7.81. The first-order valence-electron chi connectivity index (χ1n) is 28.4. The lowest BCUT2D eigenvalue weighted by molar-refractivity contribution is -0.148. The van der Waals surface area contributed by atoms with Gasteiger partial charge in [-0.15, -0.1) is 10.2 Å². The Morgan fingerprint density at radius 1 is 0.683 bits per heavy atom. The summed E-state index contributed by atoms with van der Waals surface area (Å²) in [4.78, 5) is 88.6. The van der Waals surface area contributed by atoms with Gasteiger partial charge in [0.25, 0.3) is 0 Å². The molecule has 5 atom stereocenters. The van der Waals surface area contributed by atoms with E-state index in [0.29, 0.717) is 73.8 Å². The molecule has 2 heterocycles. The molecule has 5 N–H and O–H groups in total. The van der Waals surface area contributed by atoms with Gasteiger partial charge < -0.3 is 64.7 Å². The van der Waals surface area contributed by atoms with E-state index >= 15 is 0 Å². The van der Waals surface area contributed by atoms with E-state index in [4.69, 9.17) is 24.7 Å². The monoisotopic (exact) mass is 1140 g/mol. The molecule has 3 aromatic rings. The van der Waals surface area contributed by atoms with Crippen LogP contribution in [0.4, 0.5) is 0 Å². The lowest BCUT2D eigenvalue weighted by Gasteiger charge is -2.52. The Morgan fingerprint density at radius 2 is 1.22 bits per heavy atom. The van der Waals surface area contributed by atoms with Crippen LogP contribution in [0.25, 0.3) is 0 Å². The minimum Gasteiger partial charge on any atom is -0.508 e. The highest BCUT2D eigenvalue weighted by atomic mass is 16.5. The number of aryl methyl sites for hydroxylation is 3. The van der Waals surface area contributed by atoms with Crippen LogP contribution in [0.15, 0.2) is 30.6 Å². The zero-order valence-corrected chi connectivity index (χ0v) is 48.3. The van der Waals surface area contributed by atoms with E-state index in [1.54, 1.807) is 21.6 Å². The zero-order valence-electron chi connectivity index (χ0n) is 48.3. The van der Waals surface area contributed by atoms with Gasteiger partial charge in [-0.25, -0.2) is 0 Å². The Bertz CT molecular complexity index is 2590. The number of aliphatic hydroxyl groups is 1. The van der Waals surface area contributed by atoms with Crippen molar-refractivity contribution in [3.8, 4) is 5.75 Å². The van der Waals surface area contributed by atoms with Crippen molar-refractivity contribution in [3.05, 3.63) is 84.7 Å². The van der Waals surface area contributed by atoms with E-state index in [9.17, 15) is 39.0 Å². The van der Waals surface area contributed by atoms with Crippen molar-refractivity contribution in [2.75, 3.05) is 133 Å². The van der Waals surface area contributed by atoms with Crippen LogP contribution in [-0.4, -0.2) is 234 Å². The summed E-state index contributed by atoms with van der Waals surface area (Å²) in [6, 6.07) is 5.79. The number of ether oxygens (including phenoxy) is 4. The van der Waals surface area contributed by atoms with Crippen molar-refractivity contribution in [2.24, 2.45) is 23.0 Å². The minimum atomic E-state index is -1.11. The topological polar surface area (TPSA) is 295 Å². The molecular weight excluding hydrogens is 1060 g/mol. The third-order valence-corrected chi connectivity index (χ3v) is 16.8.